The highest BCUT2D eigenvalue weighted by molar-refractivity contribution is 9.10. The number of aryl methyl sites for hydroxylation is 3. The number of benzene rings is 4. The Bertz CT molecular complexity index is 2720. The number of nitrogens with one attached hydrogen (secondary N) is 1. The molecule has 4 amide bonds. The Labute approximate surface area is 426 Å². The van der Waals surface area contributed by atoms with E-state index in [9.17, 15) is 9.59 Å². The summed E-state index contributed by atoms with van der Waals surface area (Å²) in [7, 11) is 0. The number of furan rings is 2. The van der Waals surface area contributed by atoms with Crippen LogP contribution < -0.4 is 41.0 Å². The van der Waals surface area contributed by atoms with Crippen LogP contribution in [0.1, 0.15) is 80.9 Å². The second-order valence-corrected chi connectivity index (χ2v) is 20.2. The van der Waals surface area contributed by atoms with Gasteiger partial charge in [-0.15, -0.1) is 0 Å². The van der Waals surface area contributed by atoms with E-state index in [-0.39, 0.29) is 0 Å². The Kier molecular flexibility index (Phi) is 17.3. The molecule has 2 aromatic heterocycles. The van der Waals surface area contributed by atoms with E-state index in [0.717, 1.165) is 193 Å². The van der Waals surface area contributed by atoms with Crippen molar-refractivity contribution in [3.63, 3.8) is 0 Å². The van der Waals surface area contributed by atoms with E-state index in [1.54, 1.807) is 4.90 Å². The van der Waals surface area contributed by atoms with Crippen molar-refractivity contribution in [2.24, 2.45) is 11.5 Å². The van der Waals surface area contributed by atoms with Gasteiger partial charge in [-0.05, 0) is 157 Å². The third-order valence-corrected chi connectivity index (χ3v) is 14.9. The van der Waals surface area contributed by atoms with Crippen LogP contribution in [-0.4, -0.2) is 107 Å². The summed E-state index contributed by atoms with van der Waals surface area (Å²) in [6.07, 6.45) is 14.0. The van der Waals surface area contributed by atoms with Gasteiger partial charge in [0.15, 0.2) is 0 Å². The number of carbonyl (C=O) groups excluding carboxylic acids is 2. The number of hydrogen-bond donors (Lipinski definition) is 3. The molecule has 6 aromatic rings. The van der Waals surface area contributed by atoms with E-state index >= 15 is 0 Å². The number of ether oxygens (including phenoxy) is 2. The number of nitrogens with zero attached hydrogens (tertiary/aromatic N) is 5. The van der Waals surface area contributed by atoms with Crippen molar-refractivity contribution in [1.29, 1.82) is 0 Å². The molecule has 378 valence electrons. The number of unbranched alkanes of at least 4 members (excludes halogenated alkanes) is 2. The Morgan fingerprint density at radius 3 is 1.89 bits per heavy atom. The minimum atomic E-state index is -0.597. The van der Waals surface area contributed by atoms with Gasteiger partial charge in [0.1, 0.15) is 22.7 Å². The Morgan fingerprint density at radius 1 is 0.620 bits per heavy atom. The quantitative estimate of drug-likeness (QED) is 0.0897. The van der Waals surface area contributed by atoms with Gasteiger partial charge >= 0.3 is 12.1 Å². The smallest absolute Gasteiger partial charge is 0.321 e. The van der Waals surface area contributed by atoms with Crippen LogP contribution >= 0.6 is 15.9 Å². The fourth-order valence-electron chi connectivity index (χ4n) is 10.7. The van der Waals surface area contributed by atoms with E-state index in [0.29, 0.717) is 18.3 Å². The maximum Gasteiger partial charge on any atom is 0.321 e. The number of halogens is 1. The number of rotatable bonds is 14. The van der Waals surface area contributed by atoms with E-state index in [1.165, 1.54) is 35.3 Å². The average Bonchev–Trinajstić information content (AvgIpc) is 3.58. The molecule has 0 unspecified atom stereocenters. The number of para-hydroxylation sites is 3. The van der Waals surface area contributed by atoms with Gasteiger partial charge in [0, 0.05) is 72.7 Å². The zero-order valence-corrected chi connectivity index (χ0v) is 42.8. The monoisotopic (exact) mass is 1030 g/mol. The van der Waals surface area contributed by atoms with Gasteiger partial charge in [-0.1, -0.05) is 58.4 Å². The first-order valence-corrected chi connectivity index (χ1v) is 26.8. The topological polar surface area (TPSA) is 159 Å². The van der Waals surface area contributed by atoms with E-state index in [2.05, 4.69) is 77.2 Å². The van der Waals surface area contributed by atoms with Gasteiger partial charge in [-0.2, -0.15) is 0 Å². The molecule has 0 atom stereocenters. The predicted octanol–water partition coefficient (Wildman–Crippen LogP) is 11.0. The third-order valence-electron chi connectivity index (χ3n) is 14.4. The highest BCUT2D eigenvalue weighted by atomic mass is 79.9. The minimum Gasteiger partial charge on any atom is -0.491 e. The van der Waals surface area contributed by atoms with Crippen molar-refractivity contribution in [3.8, 4) is 11.5 Å². The molecule has 5 N–H and O–H groups in total. The molecular formula is C56H71BrN8O6. The summed E-state index contributed by atoms with van der Waals surface area (Å²) in [5, 5.41) is 4.65. The second-order valence-electron chi connectivity index (χ2n) is 19.3. The van der Waals surface area contributed by atoms with Gasteiger partial charge in [0.2, 0.25) is 11.8 Å². The third kappa shape index (κ3) is 13.0. The summed E-state index contributed by atoms with van der Waals surface area (Å²) in [6, 6.07) is 27.7. The molecule has 6 heterocycles. The molecule has 0 aliphatic carbocycles. The number of carbonyl (C=O) groups is 2. The number of nitrogens with two attached hydrogens (primary N) is 2. The normalized spacial score (nSPS) is 16.8. The molecule has 10 rings (SSSR count). The van der Waals surface area contributed by atoms with Crippen LogP contribution in [0.3, 0.4) is 0 Å². The second kappa shape index (κ2) is 24.5. The molecule has 14 nitrogen and oxygen atoms in total. The SMILES string of the molecule is NC(=O)N(CCCCN1CCCN(c2cccc3c2OCCCC3)CC1)c1cc2cc(Br)ccc2o1.NC(=O)Nc1oc2ccccc2c1CCCCN1CCCN(c2cccc3c2OCCCC3)CC1. The summed E-state index contributed by atoms with van der Waals surface area (Å²) in [4.78, 5) is 35.2. The summed E-state index contributed by atoms with van der Waals surface area (Å²) < 4.78 is 25.1. The Hall–Kier alpha value is -5.90. The lowest BCUT2D eigenvalue weighted by Crippen LogP contribution is -2.37. The number of amides is 4. The molecule has 4 aliphatic rings. The molecule has 15 heteroatoms. The lowest BCUT2D eigenvalue weighted by Gasteiger charge is -2.26. The fraction of sp³-hybridized carbons (Fsp3) is 0.464. The van der Waals surface area contributed by atoms with Crippen LogP contribution in [0.2, 0.25) is 0 Å². The molecule has 4 aromatic carbocycles. The molecule has 2 saturated heterocycles. The number of urea groups is 2. The summed E-state index contributed by atoms with van der Waals surface area (Å²) >= 11 is 3.48. The molecule has 0 bridgehead atoms. The van der Waals surface area contributed by atoms with Crippen molar-refractivity contribution >= 4 is 73.1 Å². The summed E-state index contributed by atoms with van der Waals surface area (Å²) in [6.45, 7) is 12.7. The number of primary amides is 2. The van der Waals surface area contributed by atoms with E-state index in [1.807, 2.05) is 48.5 Å². The number of fused-ring (bicyclic) bond motifs is 4. The highest BCUT2D eigenvalue weighted by Crippen LogP contribution is 2.38. The zero-order valence-electron chi connectivity index (χ0n) is 41.2. The van der Waals surface area contributed by atoms with Crippen LogP contribution in [-0.2, 0) is 19.3 Å². The average molecular weight is 1030 g/mol. The first kappa shape index (κ1) is 50.1. The lowest BCUT2D eigenvalue weighted by atomic mass is 10.1. The highest BCUT2D eigenvalue weighted by Gasteiger charge is 2.24. The molecule has 0 radical (unpaired) electrons. The number of anilines is 4. The number of hydrogen-bond acceptors (Lipinski definition) is 10. The molecule has 71 heavy (non-hydrogen) atoms. The van der Waals surface area contributed by atoms with E-state index in [4.69, 9.17) is 29.8 Å². The lowest BCUT2D eigenvalue weighted by molar-refractivity contribution is 0.252. The Balaban J connectivity index is 0.000000176. The van der Waals surface area contributed by atoms with Crippen LogP contribution in [0.25, 0.3) is 21.9 Å². The Morgan fingerprint density at radius 2 is 1.25 bits per heavy atom. The maximum atomic E-state index is 12.1. The summed E-state index contributed by atoms with van der Waals surface area (Å²) in [5.74, 6) is 3.21. The largest absolute Gasteiger partial charge is 0.491 e. The summed E-state index contributed by atoms with van der Waals surface area (Å²) in [5.41, 5.74) is 18.8. The molecule has 0 saturated carbocycles. The van der Waals surface area contributed by atoms with Gasteiger partial charge in [-0.3, -0.25) is 10.2 Å². The van der Waals surface area contributed by atoms with Crippen LogP contribution in [0.4, 0.5) is 32.7 Å². The van der Waals surface area contributed by atoms with Crippen LogP contribution in [0.15, 0.2) is 98.2 Å². The van der Waals surface area contributed by atoms with Gasteiger partial charge < -0.3 is 49.4 Å². The van der Waals surface area contributed by atoms with Crippen LogP contribution in [0.5, 0.6) is 11.5 Å². The van der Waals surface area contributed by atoms with Gasteiger partial charge in [0.25, 0.3) is 0 Å². The molecule has 2 fully saturated rings. The van der Waals surface area contributed by atoms with Gasteiger partial charge in [-0.25, -0.2) is 9.59 Å². The van der Waals surface area contributed by atoms with Crippen molar-refractivity contribution in [2.45, 2.75) is 83.5 Å². The minimum absolute atomic E-state index is 0.480. The fourth-order valence-corrected chi connectivity index (χ4v) is 11.1. The zero-order chi connectivity index (χ0) is 48.9. The van der Waals surface area contributed by atoms with E-state index < -0.39 is 12.1 Å². The van der Waals surface area contributed by atoms with Crippen molar-refractivity contribution in [1.82, 2.24) is 9.80 Å². The standard InChI is InChI=1S/C28H35BrN4O3.C28H36N4O3/c29-23-10-11-25-22(19-23)20-26(36-25)33(28(30)34)15-3-2-12-31-13-6-14-32(17-16-31)24-9-5-8-21-7-1-4-18-35-27(21)24;29-28(33)30-27-23(22-11-1-2-14-25(22)35-27)12-3-5-15-31-16-8-17-32(19-18-31)24-13-7-10-21-9-4-6-20-34-26(21)24/h5,8-11,19-20H,1-4,6-7,12-18H2,(H2,30,34);1-2,7,10-11,13-14H,3-6,8-9,12,15-20H2,(H3,29,30,33). The van der Waals surface area contributed by atoms with Crippen molar-refractivity contribution in [2.75, 3.05) is 105 Å². The molecule has 0 spiro atoms. The molecule has 4 aliphatic heterocycles. The van der Waals surface area contributed by atoms with Gasteiger partial charge in [0.05, 0.1) is 24.6 Å². The maximum absolute atomic E-state index is 12.1. The van der Waals surface area contributed by atoms with Crippen molar-refractivity contribution in [3.05, 3.63) is 106 Å². The van der Waals surface area contributed by atoms with Crippen LogP contribution in [0, 0.1) is 0 Å². The first-order valence-electron chi connectivity index (χ1n) is 26.0. The predicted molar refractivity (Wildman–Crippen MR) is 289 cm³/mol. The molecular weight excluding hydrogens is 961 g/mol. The van der Waals surface area contributed by atoms with Crippen molar-refractivity contribution < 1.29 is 27.9 Å². The first-order chi connectivity index (χ1) is 34.8.